The van der Waals surface area contributed by atoms with Crippen LogP contribution in [0.4, 0.5) is 0 Å². The van der Waals surface area contributed by atoms with Gasteiger partial charge in [-0.15, -0.1) is 0 Å². The highest BCUT2D eigenvalue weighted by Gasteiger charge is 2.31. The molecule has 0 saturated carbocycles. The second-order valence-electron chi connectivity index (χ2n) is 7.07. The average Bonchev–Trinajstić information content (AvgIpc) is 3.23. The number of carbonyl (C=O) groups excluding carboxylic acids is 1. The molecule has 0 N–H and O–H groups in total. The molecule has 27 heavy (non-hydrogen) atoms. The fourth-order valence-electron chi connectivity index (χ4n) is 3.72. The molecule has 2 saturated heterocycles. The first kappa shape index (κ1) is 18.5. The van der Waals surface area contributed by atoms with Crippen LogP contribution in [0.5, 0.6) is 11.5 Å². The van der Waals surface area contributed by atoms with Crippen molar-refractivity contribution in [2.45, 2.75) is 17.7 Å². The molecule has 0 aliphatic carbocycles. The van der Waals surface area contributed by atoms with Gasteiger partial charge in [0.1, 0.15) is 13.2 Å². The lowest BCUT2D eigenvalue weighted by Crippen LogP contribution is -2.51. The fourth-order valence-corrected chi connectivity index (χ4v) is 5.16. The zero-order chi connectivity index (χ0) is 18.9. The zero-order valence-corrected chi connectivity index (χ0v) is 16.1. The maximum absolute atomic E-state index is 12.9. The van der Waals surface area contributed by atoms with Crippen LogP contribution in [0.2, 0.25) is 0 Å². The minimum Gasteiger partial charge on any atom is -0.486 e. The molecule has 0 radical (unpaired) electrons. The molecule has 1 amide bonds. The monoisotopic (exact) mass is 395 g/mol. The van der Waals surface area contributed by atoms with Gasteiger partial charge in [0.05, 0.1) is 11.4 Å². The van der Waals surface area contributed by atoms with Gasteiger partial charge >= 0.3 is 0 Å². The van der Waals surface area contributed by atoms with Crippen LogP contribution in [-0.2, 0) is 14.8 Å². The van der Waals surface area contributed by atoms with Crippen LogP contribution in [-0.4, -0.2) is 87.5 Å². The summed E-state index contributed by atoms with van der Waals surface area (Å²) in [7, 11) is -3.59. The Morgan fingerprint density at radius 2 is 1.59 bits per heavy atom. The minimum absolute atomic E-state index is 0.149. The van der Waals surface area contributed by atoms with Crippen molar-refractivity contribution in [3.05, 3.63) is 18.2 Å². The summed E-state index contributed by atoms with van der Waals surface area (Å²) in [5.41, 5.74) is 0. The van der Waals surface area contributed by atoms with Gasteiger partial charge in [-0.1, -0.05) is 0 Å². The van der Waals surface area contributed by atoms with Crippen molar-refractivity contribution in [2.75, 3.05) is 59.0 Å². The van der Waals surface area contributed by atoms with E-state index < -0.39 is 10.0 Å². The van der Waals surface area contributed by atoms with Crippen molar-refractivity contribution >= 4 is 15.9 Å². The van der Waals surface area contributed by atoms with Gasteiger partial charge in [-0.3, -0.25) is 9.69 Å². The Morgan fingerprint density at radius 3 is 2.30 bits per heavy atom. The molecule has 148 valence electrons. The molecule has 0 bridgehead atoms. The Bertz CT molecular complexity index is 799. The van der Waals surface area contributed by atoms with Crippen molar-refractivity contribution in [3.8, 4) is 11.5 Å². The molecule has 1 aromatic carbocycles. The summed E-state index contributed by atoms with van der Waals surface area (Å²) in [6, 6.07) is 4.74. The molecule has 8 nitrogen and oxygen atoms in total. The van der Waals surface area contributed by atoms with Crippen molar-refractivity contribution < 1.29 is 22.7 Å². The van der Waals surface area contributed by atoms with Crippen molar-refractivity contribution in [1.29, 1.82) is 0 Å². The summed E-state index contributed by atoms with van der Waals surface area (Å²) < 4.78 is 38.3. The number of likely N-dealkylation sites (tertiary alicyclic amines) is 1. The predicted octanol–water partition coefficient (Wildman–Crippen LogP) is 0.387. The summed E-state index contributed by atoms with van der Waals surface area (Å²) in [4.78, 5) is 16.4. The summed E-state index contributed by atoms with van der Waals surface area (Å²) in [6.45, 7) is 4.82. The van der Waals surface area contributed by atoms with E-state index in [0.29, 0.717) is 57.4 Å². The number of piperazine rings is 1. The largest absolute Gasteiger partial charge is 0.486 e. The molecule has 0 aromatic heterocycles. The molecular formula is C18H25N3O5S. The highest BCUT2D eigenvalue weighted by Crippen LogP contribution is 2.33. The molecule has 2 fully saturated rings. The molecule has 9 heteroatoms. The number of ether oxygens (including phenoxy) is 2. The molecule has 3 aliphatic rings. The van der Waals surface area contributed by atoms with Gasteiger partial charge in [-0.2, -0.15) is 4.31 Å². The van der Waals surface area contributed by atoms with E-state index in [-0.39, 0.29) is 10.8 Å². The quantitative estimate of drug-likeness (QED) is 0.734. The number of fused-ring (bicyclic) bond motifs is 1. The normalized spacial score (nSPS) is 21.4. The molecule has 4 rings (SSSR count). The van der Waals surface area contributed by atoms with Crippen molar-refractivity contribution in [2.24, 2.45) is 0 Å². The Hall–Kier alpha value is -1.84. The molecule has 0 atom stereocenters. The van der Waals surface area contributed by atoms with Gasteiger partial charge in [0, 0.05) is 45.3 Å². The first-order chi connectivity index (χ1) is 13.0. The van der Waals surface area contributed by atoms with E-state index in [2.05, 4.69) is 0 Å². The number of benzene rings is 1. The van der Waals surface area contributed by atoms with E-state index in [9.17, 15) is 13.2 Å². The van der Waals surface area contributed by atoms with Crippen LogP contribution in [0.15, 0.2) is 23.1 Å². The Kier molecular flexibility index (Phi) is 5.25. The molecule has 0 spiro atoms. The SMILES string of the molecule is O=C(CN1CCN(S(=O)(=O)c2ccc3c(c2)OCCO3)CC1)N1CCCC1. The predicted molar refractivity (Wildman–Crippen MR) is 98.4 cm³/mol. The topological polar surface area (TPSA) is 79.4 Å². The van der Waals surface area contributed by atoms with Crippen LogP contribution in [0.1, 0.15) is 12.8 Å². The summed E-state index contributed by atoms with van der Waals surface area (Å²) in [5, 5.41) is 0. The van der Waals surface area contributed by atoms with Gasteiger partial charge in [0.15, 0.2) is 11.5 Å². The van der Waals surface area contributed by atoms with Crippen molar-refractivity contribution in [3.63, 3.8) is 0 Å². The summed E-state index contributed by atoms with van der Waals surface area (Å²) >= 11 is 0. The van der Waals surface area contributed by atoms with Crippen LogP contribution >= 0.6 is 0 Å². The van der Waals surface area contributed by atoms with E-state index in [1.54, 1.807) is 12.1 Å². The fraction of sp³-hybridized carbons (Fsp3) is 0.611. The molecule has 1 aromatic rings. The van der Waals surface area contributed by atoms with Gasteiger partial charge in [-0.05, 0) is 25.0 Å². The lowest BCUT2D eigenvalue weighted by Gasteiger charge is -2.34. The van der Waals surface area contributed by atoms with Crippen LogP contribution in [0.3, 0.4) is 0 Å². The first-order valence-corrected chi connectivity index (χ1v) is 10.9. The van der Waals surface area contributed by atoms with Gasteiger partial charge in [-0.25, -0.2) is 8.42 Å². The standard InChI is InChI=1S/C18H25N3O5S/c22-18(20-5-1-2-6-20)14-19-7-9-21(10-8-19)27(23,24)15-3-4-16-17(13-15)26-12-11-25-16/h3-4,13H,1-2,5-12,14H2. The first-order valence-electron chi connectivity index (χ1n) is 9.44. The minimum atomic E-state index is -3.59. The molecule has 3 heterocycles. The highest BCUT2D eigenvalue weighted by atomic mass is 32.2. The number of carbonyl (C=O) groups is 1. The second-order valence-corrected chi connectivity index (χ2v) is 9.01. The number of nitrogens with zero attached hydrogens (tertiary/aromatic N) is 3. The van der Waals surface area contributed by atoms with Crippen LogP contribution in [0.25, 0.3) is 0 Å². The number of hydrogen-bond acceptors (Lipinski definition) is 6. The van der Waals surface area contributed by atoms with Crippen LogP contribution in [0, 0.1) is 0 Å². The Balaban J connectivity index is 1.37. The number of sulfonamides is 1. The van der Waals surface area contributed by atoms with Crippen molar-refractivity contribution in [1.82, 2.24) is 14.1 Å². The maximum atomic E-state index is 12.9. The smallest absolute Gasteiger partial charge is 0.243 e. The van der Waals surface area contributed by atoms with E-state index in [0.717, 1.165) is 25.9 Å². The number of hydrogen-bond donors (Lipinski definition) is 0. The van der Waals surface area contributed by atoms with E-state index in [1.807, 2.05) is 9.80 Å². The third kappa shape index (κ3) is 3.90. The third-order valence-corrected chi connectivity index (χ3v) is 7.19. The lowest BCUT2D eigenvalue weighted by atomic mass is 10.3. The average molecular weight is 395 g/mol. The van der Waals surface area contributed by atoms with Gasteiger partial charge in [0.25, 0.3) is 0 Å². The molecule has 3 aliphatic heterocycles. The van der Waals surface area contributed by atoms with E-state index in [1.165, 1.54) is 10.4 Å². The lowest BCUT2D eigenvalue weighted by molar-refractivity contribution is -0.131. The number of amides is 1. The second kappa shape index (κ2) is 7.65. The maximum Gasteiger partial charge on any atom is 0.243 e. The van der Waals surface area contributed by atoms with Crippen LogP contribution < -0.4 is 9.47 Å². The summed E-state index contributed by atoms with van der Waals surface area (Å²) in [5.74, 6) is 1.19. The highest BCUT2D eigenvalue weighted by molar-refractivity contribution is 7.89. The third-order valence-electron chi connectivity index (χ3n) is 5.30. The molecule has 0 unspecified atom stereocenters. The Morgan fingerprint density at radius 1 is 0.926 bits per heavy atom. The Labute approximate surface area is 159 Å². The van der Waals surface area contributed by atoms with E-state index in [4.69, 9.17) is 9.47 Å². The van der Waals surface area contributed by atoms with E-state index >= 15 is 0 Å². The summed E-state index contributed by atoms with van der Waals surface area (Å²) in [6.07, 6.45) is 2.15. The zero-order valence-electron chi connectivity index (χ0n) is 15.3. The van der Waals surface area contributed by atoms with Gasteiger partial charge < -0.3 is 14.4 Å². The van der Waals surface area contributed by atoms with Gasteiger partial charge in [0.2, 0.25) is 15.9 Å². The molecular weight excluding hydrogens is 370 g/mol. The number of rotatable bonds is 4.